The van der Waals surface area contributed by atoms with Crippen molar-refractivity contribution in [1.82, 2.24) is 14.5 Å². The van der Waals surface area contributed by atoms with Crippen molar-refractivity contribution in [3.63, 3.8) is 0 Å². The fourth-order valence-corrected chi connectivity index (χ4v) is 2.14. The van der Waals surface area contributed by atoms with E-state index in [0.29, 0.717) is 11.4 Å². The van der Waals surface area contributed by atoms with Crippen LogP contribution in [0.2, 0.25) is 0 Å². The molecule has 0 aliphatic heterocycles. The van der Waals surface area contributed by atoms with Gasteiger partial charge in [-0.05, 0) is 12.1 Å². The van der Waals surface area contributed by atoms with E-state index in [1.54, 1.807) is 12.1 Å². The fraction of sp³-hybridized carbons (Fsp3) is 0.0714. The second kappa shape index (κ2) is 4.93. The lowest BCUT2D eigenvalue weighted by atomic mass is 10.2. The molecule has 3 aromatic rings. The highest BCUT2D eigenvalue weighted by atomic mass is 19.2. The first kappa shape index (κ1) is 13.2. The third-order valence-electron chi connectivity index (χ3n) is 3.02. The first-order chi connectivity index (χ1) is 10.1. The van der Waals surface area contributed by atoms with Gasteiger partial charge in [-0.3, -0.25) is 9.78 Å². The molecule has 2 aromatic heterocycles. The molecule has 0 radical (unpaired) electrons. The van der Waals surface area contributed by atoms with Crippen LogP contribution in [-0.2, 0) is 11.3 Å². The molecule has 0 unspecified atom stereocenters. The van der Waals surface area contributed by atoms with Gasteiger partial charge in [0.15, 0.2) is 11.6 Å². The molecule has 1 aromatic carbocycles. The van der Waals surface area contributed by atoms with Gasteiger partial charge in [0.05, 0.1) is 11.0 Å². The number of nitrogens with zero attached hydrogens (tertiary/aromatic N) is 3. The maximum Gasteiger partial charge on any atom is 0.323 e. The van der Waals surface area contributed by atoms with Crippen LogP contribution in [0.25, 0.3) is 22.4 Å². The van der Waals surface area contributed by atoms with Gasteiger partial charge in [-0.25, -0.2) is 13.8 Å². The number of fused-ring (bicyclic) bond motifs is 1. The minimum absolute atomic E-state index is 0.196. The number of hydrogen-bond donors (Lipinski definition) is 1. The average Bonchev–Trinajstić information content (AvgIpc) is 2.78. The van der Waals surface area contributed by atoms with Crippen molar-refractivity contribution in [2.45, 2.75) is 6.54 Å². The molecule has 21 heavy (non-hydrogen) atoms. The monoisotopic (exact) mass is 289 g/mol. The van der Waals surface area contributed by atoms with Gasteiger partial charge in [-0.1, -0.05) is 0 Å². The lowest BCUT2D eigenvalue weighted by Gasteiger charge is -2.06. The summed E-state index contributed by atoms with van der Waals surface area (Å²) in [5.41, 5.74) is 1.04. The van der Waals surface area contributed by atoms with Crippen LogP contribution in [0.4, 0.5) is 8.78 Å². The lowest BCUT2D eigenvalue weighted by Crippen LogP contribution is -2.10. The summed E-state index contributed by atoms with van der Waals surface area (Å²) in [5.74, 6) is -2.85. The summed E-state index contributed by atoms with van der Waals surface area (Å²) in [6.07, 6.45) is 3.06. The van der Waals surface area contributed by atoms with E-state index in [0.717, 1.165) is 12.1 Å². The number of pyridine rings is 1. The summed E-state index contributed by atoms with van der Waals surface area (Å²) in [5, 5.41) is 9.01. The van der Waals surface area contributed by atoms with Gasteiger partial charge in [0.1, 0.15) is 12.4 Å². The predicted molar refractivity (Wildman–Crippen MR) is 70.5 cm³/mol. The Morgan fingerprint density at radius 3 is 2.52 bits per heavy atom. The normalized spacial score (nSPS) is 11.0. The van der Waals surface area contributed by atoms with Gasteiger partial charge in [-0.2, -0.15) is 0 Å². The van der Waals surface area contributed by atoms with E-state index in [9.17, 15) is 13.6 Å². The quantitative estimate of drug-likeness (QED) is 0.804. The Labute approximate surface area is 117 Å². The second-order valence-corrected chi connectivity index (χ2v) is 4.41. The molecular weight excluding hydrogens is 280 g/mol. The number of hydrogen-bond acceptors (Lipinski definition) is 3. The third kappa shape index (κ3) is 2.33. The Bertz CT molecular complexity index is 831. The van der Waals surface area contributed by atoms with Crippen molar-refractivity contribution < 1.29 is 18.7 Å². The minimum atomic E-state index is -1.10. The van der Waals surface area contributed by atoms with Gasteiger partial charge < -0.3 is 9.67 Å². The van der Waals surface area contributed by atoms with E-state index >= 15 is 0 Å². The molecule has 0 fully saturated rings. The number of aliphatic carboxylic acids is 1. The van der Waals surface area contributed by atoms with Crippen LogP contribution in [0.5, 0.6) is 0 Å². The van der Waals surface area contributed by atoms with Gasteiger partial charge in [0.25, 0.3) is 0 Å². The molecule has 0 spiro atoms. The van der Waals surface area contributed by atoms with Crippen molar-refractivity contribution in [2.75, 3.05) is 0 Å². The van der Waals surface area contributed by atoms with E-state index in [4.69, 9.17) is 5.11 Å². The molecule has 7 heteroatoms. The van der Waals surface area contributed by atoms with Crippen molar-refractivity contribution >= 4 is 17.0 Å². The van der Waals surface area contributed by atoms with E-state index in [1.807, 2.05) is 0 Å². The number of benzene rings is 1. The van der Waals surface area contributed by atoms with Crippen molar-refractivity contribution in [2.24, 2.45) is 0 Å². The van der Waals surface area contributed by atoms with Crippen molar-refractivity contribution in [3.05, 3.63) is 48.3 Å². The highest BCUT2D eigenvalue weighted by Crippen LogP contribution is 2.26. The van der Waals surface area contributed by atoms with E-state index in [2.05, 4.69) is 9.97 Å². The summed E-state index contributed by atoms with van der Waals surface area (Å²) in [6.45, 7) is -0.404. The van der Waals surface area contributed by atoms with Crippen LogP contribution < -0.4 is 0 Å². The zero-order chi connectivity index (χ0) is 15.0. The number of carboxylic acids is 1. The number of carbonyl (C=O) groups is 1. The first-order valence-corrected chi connectivity index (χ1v) is 6.04. The van der Waals surface area contributed by atoms with Gasteiger partial charge in [-0.15, -0.1) is 0 Å². The predicted octanol–water partition coefficient (Wildman–Crippen LogP) is 2.46. The first-order valence-electron chi connectivity index (χ1n) is 6.04. The molecule has 0 atom stereocenters. The molecule has 0 amide bonds. The lowest BCUT2D eigenvalue weighted by molar-refractivity contribution is -0.137. The SMILES string of the molecule is O=C(O)Cn1c(-c2ccncc2)nc2cc(F)c(F)cc21. The maximum atomic E-state index is 13.4. The van der Waals surface area contributed by atoms with Crippen LogP contribution in [0.15, 0.2) is 36.7 Å². The average molecular weight is 289 g/mol. The summed E-state index contributed by atoms with van der Waals surface area (Å²) in [4.78, 5) is 19.1. The summed E-state index contributed by atoms with van der Waals surface area (Å²) >= 11 is 0. The maximum absolute atomic E-state index is 13.4. The van der Waals surface area contributed by atoms with Crippen molar-refractivity contribution in [1.29, 1.82) is 0 Å². The Hall–Kier alpha value is -2.83. The summed E-state index contributed by atoms with van der Waals surface area (Å²) in [6, 6.07) is 5.19. The number of aromatic nitrogens is 3. The van der Waals surface area contributed by atoms with E-state index in [-0.39, 0.29) is 11.0 Å². The Morgan fingerprint density at radius 1 is 1.19 bits per heavy atom. The molecular formula is C14H9F2N3O2. The number of halogens is 2. The topological polar surface area (TPSA) is 68.0 Å². The molecule has 1 N–H and O–H groups in total. The molecule has 0 saturated heterocycles. The largest absolute Gasteiger partial charge is 0.480 e. The minimum Gasteiger partial charge on any atom is -0.480 e. The number of carboxylic acid groups (broad SMARTS) is 1. The highest BCUT2D eigenvalue weighted by molar-refractivity contribution is 5.83. The molecule has 0 saturated carbocycles. The Balaban J connectivity index is 2.30. The van der Waals surface area contributed by atoms with Crippen molar-refractivity contribution in [3.8, 4) is 11.4 Å². The van der Waals surface area contributed by atoms with E-state index < -0.39 is 24.1 Å². The zero-order valence-corrected chi connectivity index (χ0v) is 10.6. The fourth-order valence-electron chi connectivity index (χ4n) is 2.14. The van der Waals surface area contributed by atoms with Crippen LogP contribution >= 0.6 is 0 Å². The third-order valence-corrected chi connectivity index (χ3v) is 3.02. The number of imidazole rings is 1. The summed E-state index contributed by atoms with van der Waals surface area (Å²) < 4.78 is 28.0. The molecule has 106 valence electrons. The second-order valence-electron chi connectivity index (χ2n) is 4.41. The van der Waals surface area contributed by atoms with Gasteiger partial charge >= 0.3 is 5.97 Å². The van der Waals surface area contributed by atoms with Gasteiger partial charge in [0, 0.05) is 30.1 Å². The molecule has 0 bridgehead atoms. The smallest absolute Gasteiger partial charge is 0.323 e. The molecule has 0 aliphatic carbocycles. The Kier molecular flexibility index (Phi) is 3.09. The van der Waals surface area contributed by atoms with Crippen LogP contribution in [0, 0.1) is 11.6 Å². The Morgan fingerprint density at radius 2 is 1.86 bits per heavy atom. The summed E-state index contributed by atoms with van der Waals surface area (Å²) in [7, 11) is 0. The van der Waals surface area contributed by atoms with Crippen LogP contribution in [-0.4, -0.2) is 25.6 Å². The molecule has 3 rings (SSSR count). The van der Waals surface area contributed by atoms with Crippen LogP contribution in [0.3, 0.4) is 0 Å². The van der Waals surface area contributed by atoms with Gasteiger partial charge in [0.2, 0.25) is 0 Å². The number of rotatable bonds is 3. The standard InChI is InChI=1S/C14H9F2N3O2/c15-9-5-11-12(6-10(9)16)19(7-13(20)21)14(18-11)8-1-3-17-4-2-8/h1-6H,7H2,(H,20,21). The zero-order valence-electron chi connectivity index (χ0n) is 10.6. The highest BCUT2D eigenvalue weighted by Gasteiger charge is 2.17. The van der Waals surface area contributed by atoms with Crippen LogP contribution in [0.1, 0.15) is 0 Å². The van der Waals surface area contributed by atoms with E-state index in [1.165, 1.54) is 17.0 Å². The molecule has 2 heterocycles. The molecule has 5 nitrogen and oxygen atoms in total. The molecule has 0 aliphatic rings.